The highest BCUT2D eigenvalue weighted by molar-refractivity contribution is 6.20. The fourth-order valence-electron chi connectivity index (χ4n) is 3.23. The lowest BCUT2D eigenvalue weighted by molar-refractivity contribution is -0.109. The van der Waals surface area contributed by atoms with E-state index < -0.39 is 0 Å². The van der Waals surface area contributed by atoms with Gasteiger partial charge >= 0.3 is 0 Å². The van der Waals surface area contributed by atoms with Gasteiger partial charge in [0.15, 0.2) is 0 Å². The average Bonchev–Trinajstić information content (AvgIpc) is 2.64. The van der Waals surface area contributed by atoms with Crippen LogP contribution < -0.4 is 10.5 Å². The number of para-hydroxylation sites is 1. The summed E-state index contributed by atoms with van der Waals surface area (Å²) in [7, 11) is 0. The standard InChI is InChI=1S/C19H29ClN2O2.ClH/c1-2-12-24-18-9-5-4-8-16(18)15(14-23)13-17(21)19(20)22-10-6-3-7-11-22;/h4-5,8-9,14-15,17,19H,2-3,6-7,10-13,21H2,1H3;1H. The van der Waals surface area contributed by atoms with E-state index in [0.717, 1.165) is 37.1 Å². The van der Waals surface area contributed by atoms with Crippen molar-refractivity contribution in [3.05, 3.63) is 29.8 Å². The summed E-state index contributed by atoms with van der Waals surface area (Å²) in [6.07, 6.45) is 6.02. The number of carbonyl (C=O) groups excluding carboxylic acids is 1. The summed E-state index contributed by atoms with van der Waals surface area (Å²) in [4.78, 5) is 13.9. The molecule has 0 bridgehead atoms. The number of likely N-dealkylation sites (tertiary alicyclic amines) is 1. The number of hydrogen-bond acceptors (Lipinski definition) is 4. The molecule has 2 rings (SSSR count). The highest BCUT2D eigenvalue weighted by Crippen LogP contribution is 2.30. The molecule has 0 saturated carbocycles. The van der Waals surface area contributed by atoms with E-state index >= 15 is 0 Å². The number of carbonyl (C=O) groups is 1. The van der Waals surface area contributed by atoms with Gasteiger partial charge in [-0.05, 0) is 44.8 Å². The van der Waals surface area contributed by atoms with Crippen molar-refractivity contribution >= 4 is 30.3 Å². The molecule has 1 heterocycles. The minimum atomic E-state index is -0.293. The molecule has 3 unspecified atom stereocenters. The molecule has 1 fully saturated rings. The van der Waals surface area contributed by atoms with Gasteiger partial charge in [-0.1, -0.05) is 31.5 Å². The zero-order valence-electron chi connectivity index (χ0n) is 14.9. The maximum absolute atomic E-state index is 11.7. The number of alkyl halides is 1. The van der Waals surface area contributed by atoms with Gasteiger partial charge in [0.05, 0.1) is 6.61 Å². The maximum atomic E-state index is 11.7. The normalized spacial score (nSPS) is 18.7. The summed E-state index contributed by atoms with van der Waals surface area (Å²) < 4.78 is 5.78. The van der Waals surface area contributed by atoms with Crippen LogP contribution in [0.15, 0.2) is 24.3 Å². The average molecular weight is 389 g/mol. The molecular formula is C19H30Cl2N2O2. The van der Waals surface area contributed by atoms with Crippen molar-refractivity contribution in [2.75, 3.05) is 19.7 Å². The van der Waals surface area contributed by atoms with Crippen molar-refractivity contribution in [3.63, 3.8) is 0 Å². The molecule has 1 aromatic carbocycles. The second-order valence-corrected chi connectivity index (χ2v) is 6.94. The van der Waals surface area contributed by atoms with Crippen molar-refractivity contribution in [2.24, 2.45) is 5.73 Å². The summed E-state index contributed by atoms with van der Waals surface area (Å²) in [5.41, 5.74) is 7.02. The lowest BCUT2D eigenvalue weighted by atomic mass is 9.92. The van der Waals surface area contributed by atoms with Gasteiger partial charge in [-0.25, -0.2) is 0 Å². The minimum absolute atomic E-state index is 0. The smallest absolute Gasteiger partial charge is 0.127 e. The molecule has 1 saturated heterocycles. The van der Waals surface area contributed by atoms with Gasteiger partial charge in [0, 0.05) is 17.5 Å². The van der Waals surface area contributed by atoms with Crippen LogP contribution in [0, 0.1) is 0 Å². The molecule has 0 spiro atoms. The van der Waals surface area contributed by atoms with Gasteiger partial charge in [-0.2, -0.15) is 0 Å². The number of hydrogen-bond donors (Lipinski definition) is 1. The van der Waals surface area contributed by atoms with Crippen LogP contribution in [-0.2, 0) is 4.79 Å². The Labute approximate surface area is 162 Å². The highest BCUT2D eigenvalue weighted by atomic mass is 35.5. The zero-order valence-corrected chi connectivity index (χ0v) is 16.5. The number of benzene rings is 1. The van der Waals surface area contributed by atoms with Gasteiger partial charge in [-0.15, -0.1) is 24.0 Å². The van der Waals surface area contributed by atoms with E-state index in [1.54, 1.807) is 0 Å². The predicted octanol–water partition coefficient (Wildman–Crippen LogP) is 3.95. The Morgan fingerprint density at radius 2 is 1.96 bits per heavy atom. The minimum Gasteiger partial charge on any atom is -0.493 e. The Hall–Kier alpha value is -0.810. The summed E-state index contributed by atoms with van der Waals surface area (Å²) in [5.74, 6) is 0.479. The van der Waals surface area contributed by atoms with Crippen LogP contribution in [0.5, 0.6) is 5.75 Å². The van der Waals surface area contributed by atoms with Crippen LogP contribution in [0.4, 0.5) is 0 Å². The van der Waals surface area contributed by atoms with Gasteiger partial charge in [0.2, 0.25) is 0 Å². The molecule has 25 heavy (non-hydrogen) atoms. The van der Waals surface area contributed by atoms with Gasteiger partial charge in [0.25, 0.3) is 0 Å². The Bertz CT molecular complexity index is 510. The second kappa shape index (κ2) is 11.7. The summed E-state index contributed by atoms with van der Waals surface area (Å²) in [5, 5.41) is 0. The Morgan fingerprint density at radius 1 is 1.28 bits per heavy atom. The Balaban J connectivity index is 0.00000312. The van der Waals surface area contributed by atoms with E-state index in [1.807, 2.05) is 24.3 Å². The summed E-state index contributed by atoms with van der Waals surface area (Å²) in [6, 6.07) is 7.46. The molecule has 2 N–H and O–H groups in total. The van der Waals surface area contributed by atoms with E-state index in [9.17, 15) is 4.79 Å². The van der Waals surface area contributed by atoms with Gasteiger partial charge in [0.1, 0.15) is 17.5 Å². The third-order valence-electron chi connectivity index (χ3n) is 4.56. The molecule has 3 atom stereocenters. The van der Waals surface area contributed by atoms with Crippen molar-refractivity contribution < 1.29 is 9.53 Å². The number of aldehydes is 1. The SMILES string of the molecule is CCCOc1ccccc1C(C=O)CC(N)C(Cl)N1CCCCC1.Cl. The predicted molar refractivity (Wildman–Crippen MR) is 106 cm³/mol. The van der Waals surface area contributed by atoms with Crippen LogP contribution in [0.2, 0.25) is 0 Å². The summed E-state index contributed by atoms with van der Waals surface area (Å²) >= 11 is 6.58. The molecule has 1 aromatic rings. The number of piperidine rings is 1. The maximum Gasteiger partial charge on any atom is 0.127 e. The fraction of sp³-hybridized carbons (Fsp3) is 0.632. The first-order chi connectivity index (χ1) is 11.7. The highest BCUT2D eigenvalue weighted by Gasteiger charge is 2.27. The van der Waals surface area contributed by atoms with Crippen molar-refractivity contribution in [1.82, 2.24) is 4.90 Å². The molecule has 0 amide bonds. The second-order valence-electron chi connectivity index (χ2n) is 6.50. The molecule has 6 heteroatoms. The van der Waals surface area contributed by atoms with E-state index in [4.69, 9.17) is 22.1 Å². The van der Waals surface area contributed by atoms with Crippen LogP contribution >= 0.6 is 24.0 Å². The van der Waals surface area contributed by atoms with Crippen molar-refractivity contribution in [2.45, 2.75) is 56.5 Å². The summed E-state index contributed by atoms with van der Waals surface area (Å²) in [6.45, 7) is 4.68. The molecule has 4 nitrogen and oxygen atoms in total. The quantitative estimate of drug-likeness (QED) is 0.395. The van der Waals surface area contributed by atoms with Crippen LogP contribution in [0.1, 0.15) is 50.5 Å². The lowest BCUT2D eigenvalue weighted by Crippen LogP contribution is -2.47. The zero-order chi connectivity index (χ0) is 17.4. The van der Waals surface area contributed by atoms with Gasteiger partial charge < -0.3 is 15.3 Å². The lowest BCUT2D eigenvalue weighted by Gasteiger charge is -2.34. The van der Waals surface area contributed by atoms with E-state index in [1.165, 1.54) is 19.3 Å². The first-order valence-electron chi connectivity index (χ1n) is 8.98. The third-order valence-corrected chi connectivity index (χ3v) is 5.16. The van der Waals surface area contributed by atoms with Crippen molar-refractivity contribution in [3.8, 4) is 5.75 Å². The van der Waals surface area contributed by atoms with E-state index in [2.05, 4.69) is 11.8 Å². The largest absolute Gasteiger partial charge is 0.493 e. The first-order valence-corrected chi connectivity index (χ1v) is 9.41. The van der Waals surface area contributed by atoms with Crippen LogP contribution in [-0.4, -0.2) is 42.4 Å². The first kappa shape index (κ1) is 22.2. The molecule has 0 radical (unpaired) electrons. The third kappa shape index (κ3) is 6.45. The van der Waals surface area contributed by atoms with Gasteiger partial charge in [-0.3, -0.25) is 4.90 Å². The number of rotatable bonds is 9. The number of nitrogens with zero attached hydrogens (tertiary/aromatic N) is 1. The number of ether oxygens (including phenoxy) is 1. The molecular weight excluding hydrogens is 359 g/mol. The number of nitrogens with two attached hydrogens (primary N) is 1. The molecule has 0 aromatic heterocycles. The van der Waals surface area contributed by atoms with Crippen LogP contribution in [0.25, 0.3) is 0 Å². The molecule has 1 aliphatic heterocycles. The van der Waals surface area contributed by atoms with E-state index in [-0.39, 0.29) is 29.9 Å². The van der Waals surface area contributed by atoms with Crippen LogP contribution in [0.3, 0.4) is 0 Å². The Morgan fingerprint density at radius 3 is 2.60 bits per heavy atom. The molecule has 0 aliphatic carbocycles. The monoisotopic (exact) mass is 388 g/mol. The van der Waals surface area contributed by atoms with Crippen molar-refractivity contribution in [1.29, 1.82) is 0 Å². The molecule has 142 valence electrons. The molecule has 1 aliphatic rings. The topological polar surface area (TPSA) is 55.6 Å². The Kier molecular flexibility index (Phi) is 10.4. The number of halogens is 2. The van der Waals surface area contributed by atoms with E-state index in [0.29, 0.717) is 13.0 Å². The fourth-order valence-corrected chi connectivity index (χ4v) is 3.53.